The summed E-state index contributed by atoms with van der Waals surface area (Å²) in [4.78, 5) is 33.7. The SMILES string of the molecule is CC(=O)N1c2ccc(S(=O)(=O)N3CCCC3)cc2CC1C(=O)NCCc1cnc[nH]1. The summed E-state index contributed by atoms with van der Waals surface area (Å²) >= 11 is 0. The van der Waals surface area contributed by atoms with Crippen LogP contribution in [0.2, 0.25) is 0 Å². The van der Waals surface area contributed by atoms with Gasteiger partial charge >= 0.3 is 0 Å². The first kappa shape index (κ1) is 20.5. The zero-order valence-corrected chi connectivity index (χ0v) is 17.6. The average molecular weight is 432 g/mol. The van der Waals surface area contributed by atoms with Crippen molar-refractivity contribution in [2.45, 2.75) is 43.5 Å². The molecule has 2 aliphatic rings. The number of carbonyl (C=O) groups excluding carboxylic acids is 2. The van der Waals surface area contributed by atoms with Gasteiger partial charge in [-0.25, -0.2) is 13.4 Å². The minimum absolute atomic E-state index is 0.215. The van der Waals surface area contributed by atoms with Gasteiger partial charge in [0.15, 0.2) is 0 Å². The third-order valence-electron chi connectivity index (χ3n) is 5.63. The Bertz CT molecular complexity index is 1050. The minimum Gasteiger partial charge on any atom is -0.354 e. The molecule has 0 spiro atoms. The van der Waals surface area contributed by atoms with Gasteiger partial charge in [-0.05, 0) is 36.6 Å². The van der Waals surface area contributed by atoms with Crippen LogP contribution < -0.4 is 10.2 Å². The summed E-state index contributed by atoms with van der Waals surface area (Å²) in [6.07, 6.45) is 5.89. The quantitative estimate of drug-likeness (QED) is 0.703. The van der Waals surface area contributed by atoms with E-state index in [4.69, 9.17) is 0 Å². The Morgan fingerprint density at radius 3 is 2.70 bits per heavy atom. The lowest BCUT2D eigenvalue weighted by Crippen LogP contribution is -2.47. The number of H-pyrrole nitrogens is 1. The van der Waals surface area contributed by atoms with Gasteiger partial charge in [0.25, 0.3) is 0 Å². The summed E-state index contributed by atoms with van der Waals surface area (Å²) in [5.74, 6) is -0.512. The lowest BCUT2D eigenvalue weighted by molar-refractivity contribution is -0.125. The van der Waals surface area contributed by atoms with Gasteiger partial charge in [0, 0.05) is 57.0 Å². The summed E-state index contributed by atoms with van der Waals surface area (Å²) in [7, 11) is -3.56. The lowest BCUT2D eigenvalue weighted by Gasteiger charge is -2.23. The third-order valence-corrected chi connectivity index (χ3v) is 7.52. The van der Waals surface area contributed by atoms with Gasteiger partial charge < -0.3 is 10.3 Å². The third kappa shape index (κ3) is 3.84. The molecule has 0 saturated carbocycles. The van der Waals surface area contributed by atoms with E-state index in [-0.39, 0.29) is 23.1 Å². The standard InChI is InChI=1S/C20H25N5O4S/c1-14(26)25-18-5-4-17(30(28,29)24-8-2-3-9-24)10-15(18)11-19(25)20(27)22-7-6-16-12-21-13-23-16/h4-5,10,12-13,19H,2-3,6-9,11H2,1H3,(H,21,23)(H,22,27). The maximum absolute atomic E-state index is 12.9. The number of anilines is 1. The fourth-order valence-electron chi connectivity index (χ4n) is 4.12. The first-order chi connectivity index (χ1) is 14.4. The van der Waals surface area contributed by atoms with Gasteiger partial charge in [-0.3, -0.25) is 14.5 Å². The molecule has 0 bridgehead atoms. The highest BCUT2D eigenvalue weighted by molar-refractivity contribution is 7.89. The summed E-state index contributed by atoms with van der Waals surface area (Å²) < 4.78 is 27.2. The van der Waals surface area contributed by atoms with Crippen molar-refractivity contribution in [1.29, 1.82) is 0 Å². The first-order valence-electron chi connectivity index (χ1n) is 10.1. The van der Waals surface area contributed by atoms with Crippen molar-refractivity contribution in [1.82, 2.24) is 19.6 Å². The number of nitrogens with one attached hydrogen (secondary N) is 2. The van der Waals surface area contributed by atoms with Crippen molar-refractivity contribution in [2.75, 3.05) is 24.5 Å². The molecular weight excluding hydrogens is 406 g/mol. The fourth-order valence-corrected chi connectivity index (χ4v) is 5.69. The van der Waals surface area contributed by atoms with Crippen LogP contribution in [0.4, 0.5) is 5.69 Å². The number of sulfonamides is 1. The molecule has 9 nitrogen and oxygen atoms in total. The summed E-state index contributed by atoms with van der Waals surface area (Å²) in [6.45, 7) is 2.88. The van der Waals surface area contributed by atoms with Gasteiger partial charge in [0.05, 0.1) is 11.2 Å². The molecule has 1 saturated heterocycles. The highest BCUT2D eigenvalue weighted by Gasteiger charge is 2.38. The Labute approximate surface area is 175 Å². The van der Waals surface area contributed by atoms with E-state index in [2.05, 4.69) is 15.3 Å². The second-order valence-electron chi connectivity index (χ2n) is 7.63. The Hall–Kier alpha value is -2.72. The van der Waals surface area contributed by atoms with Crippen molar-refractivity contribution < 1.29 is 18.0 Å². The normalized spacial score (nSPS) is 19.1. The van der Waals surface area contributed by atoms with Crippen molar-refractivity contribution in [3.8, 4) is 0 Å². The number of amides is 2. The van der Waals surface area contributed by atoms with E-state index < -0.39 is 16.1 Å². The van der Waals surface area contributed by atoms with Crippen LogP contribution in [-0.2, 0) is 32.5 Å². The largest absolute Gasteiger partial charge is 0.354 e. The molecule has 1 aromatic heterocycles. The van der Waals surface area contributed by atoms with E-state index in [0.717, 1.165) is 18.5 Å². The number of rotatable bonds is 6. The molecule has 2 amide bonds. The molecule has 160 valence electrons. The topological polar surface area (TPSA) is 115 Å². The number of hydrogen-bond acceptors (Lipinski definition) is 5. The predicted molar refractivity (Wildman–Crippen MR) is 110 cm³/mol. The molecule has 0 radical (unpaired) electrons. The number of aromatic amines is 1. The smallest absolute Gasteiger partial charge is 0.243 e. The van der Waals surface area contributed by atoms with Crippen LogP contribution in [0, 0.1) is 0 Å². The molecule has 1 aromatic carbocycles. The van der Waals surface area contributed by atoms with Crippen molar-refractivity contribution in [3.63, 3.8) is 0 Å². The monoisotopic (exact) mass is 431 g/mol. The zero-order chi connectivity index (χ0) is 21.3. The van der Waals surface area contributed by atoms with Gasteiger partial charge in [0.1, 0.15) is 6.04 Å². The van der Waals surface area contributed by atoms with E-state index in [1.165, 1.54) is 22.2 Å². The highest BCUT2D eigenvalue weighted by atomic mass is 32.2. The zero-order valence-electron chi connectivity index (χ0n) is 16.8. The second-order valence-corrected chi connectivity index (χ2v) is 9.57. The number of hydrogen-bond donors (Lipinski definition) is 2. The molecule has 10 heteroatoms. The Kier molecular flexibility index (Phi) is 5.61. The van der Waals surface area contributed by atoms with Gasteiger partial charge in [-0.1, -0.05) is 0 Å². The average Bonchev–Trinajstić information content (AvgIpc) is 3.46. The number of aromatic nitrogens is 2. The number of benzene rings is 1. The van der Waals surface area contributed by atoms with Gasteiger partial charge in [-0.15, -0.1) is 0 Å². The molecule has 4 rings (SSSR count). The van der Waals surface area contributed by atoms with Crippen LogP contribution >= 0.6 is 0 Å². The van der Waals surface area contributed by atoms with E-state index in [1.54, 1.807) is 24.7 Å². The van der Waals surface area contributed by atoms with Crippen LogP contribution in [0.1, 0.15) is 31.0 Å². The molecule has 1 unspecified atom stereocenters. The molecule has 2 N–H and O–H groups in total. The van der Waals surface area contributed by atoms with E-state index in [1.807, 2.05) is 0 Å². The van der Waals surface area contributed by atoms with Crippen LogP contribution in [-0.4, -0.2) is 60.2 Å². The molecule has 0 aliphatic carbocycles. The summed E-state index contributed by atoms with van der Waals surface area (Å²) in [5.41, 5.74) is 2.20. The fraction of sp³-hybridized carbons (Fsp3) is 0.450. The van der Waals surface area contributed by atoms with Gasteiger partial charge in [0.2, 0.25) is 21.8 Å². The Morgan fingerprint density at radius 2 is 2.03 bits per heavy atom. The predicted octanol–water partition coefficient (Wildman–Crippen LogP) is 0.831. The van der Waals surface area contributed by atoms with Crippen molar-refractivity contribution >= 4 is 27.5 Å². The summed E-state index contributed by atoms with van der Waals surface area (Å²) in [5, 5.41) is 2.87. The maximum Gasteiger partial charge on any atom is 0.243 e. The van der Waals surface area contributed by atoms with E-state index >= 15 is 0 Å². The second kappa shape index (κ2) is 8.19. The molecule has 2 aliphatic heterocycles. The van der Waals surface area contributed by atoms with Crippen LogP contribution in [0.5, 0.6) is 0 Å². The molecule has 1 atom stereocenters. The van der Waals surface area contributed by atoms with E-state index in [0.29, 0.717) is 37.3 Å². The summed E-state index contributed by atoms with van der Waals surface area (Å²) in [6, 6.07) is 4.08. The minimum atomic E-state index is -3.56. The lowest BCUT2D eigenvalue weighted by atomic mass is 10.1. The van der Waals surface area contributed by atoms with Crippen molar-refractivity contribution in [3.05, 3.63) is 42.0 Å². The highest BCUT2D eigenvalue weighted by Crippen LogP contribution is 2.35. The molecule has 2 aromatic rings. The van der Waals surface area contributed by atoms with Crippen LogP contribution in [0.25, 0.3) is 0 Å². The number of imidazole rings is 1. The molecule has 1 fully saturated rings. The first-order valence-corrected chi connectivity index (χ1v) is 11.5. The van der Waals surface area contributed by atoms with Crippen LogP contribution in [0.3, 0.4) is 0 Å². The van der Waals surface area contributed by atoms with Crippen molar-refractivity contribution in [2.24, 2.45) is 0 Å². The number of fused-ring (bicyclic) bond motifs is 1. The Balaban J connectivity index is 1.52. The number of nitrogens with zero attached hydrogens (tertiary/aromatic N) is 3. The molecule has 30 heavy (non-hydrogen) atoms. The van der Waals surface area contributed by atoms with E-state index in [9.17, 15) is 18.0 Å². The number of carbonyl (C=O) groups is 2. The van der Waals surface area contributed by atoms with Crippen LogP contribution in [0.15, 0.2) is 35.6 Å². The van der Waals surface area contributed by atoms with Gasteiger partial charge in [-0.2, -0.15) is 4.31 Å². The Morgan fingerprint density at radius 1 is 1.27 bits per heavy atom. The molecule has 3 heterocycles. The maximum atomic E-state index is 12.9. The molecular formula is C20H25N5O4S.